The molecule has 1 aromatic rings. The zero-order valence-electron chi connectivity index (χ0n) is 8.16. The molecule has 0 N–H and O–H groups in total. The Morgan fingerprint density at radius 3 is 2.75 bits per heavy atom. The highest BCUT2D eigenvalue weighted by molar-refractivity contribution is 8.00. The third-order valence-electron chi connectivity index (χ3n) is 2.02. The SMILES string of the molecule is Fc1ccc(SC2(F)C=CC=NC2)c(F)c1. The number of allylic oxidation sites excluding steroid dienone is 1. The minimum absolute atomic E-state index is 0.0645. The van der Waals surface area contributed by atoms with Gasteiger partial charge < -0.3 is 0 Å². The summed E-state index contributed by atoms with van der Waals surface area (Å²) in [6.07, 6.45) is 4.27. The lowest BCUT2D eigenvalue weighted by Crippen LogP contribution is -2.21. The second-order valence-corrected chi connectivity index (χ2v) is 4.63. The zero-order valence-corrected chi connectivity index (χ0v) is 8.98. The number of rotatable bonds is 2. The molecular weight excluding hydrogens is 235 g/mol. The van der Waals surface area contributed by atoms with Crippen molar-refractivity contribution in [3.63, 3.8) is 0 Å². The number of hydrogen-bond acceptors (Lipinski definition) is 2. The predicted molar refractivity (Wildman–Crippen MR) is 58.6 cm³/mol. The lowest BCUT2D eigenvalue weighted by molar-refractivity contribution is 0.363. The average Bonchev–Trinajstić information content (AvgIpc) is 2.23. The summed E-state index contributed by atoms with van der Waals surface area (Å²) in [4.78, 5) is 3.84. The van der Waals surface area contributed by atoms with Gasteiger partial charge in [-0.05, 0) is 24.3 Å². The van der Waals surface area contributed by atoms with Crippen LogP contribution in [0.3, 0.4) is 0 Å². The van der Waals surface area contributed by atoms with Gasteiger partial charge in [0.25, 0.3) is 0 Å². The second kappa shape index (κ2) is 4.33. The normalized spacial score (nSPS) is 23.7. The molecule has 0 aliphatic carbocycles. The highest BCUT2D eigenvalue weighted by Gasteiger charge is 2.29. The maximum Gasteiger partial charge on any atom is 0.198 e. The maximum atomic E-state index is 14.0. The molecule has 5 heteroatoms. The van der Waals surface area contributed by atoms with Crippen LogP contribution in [0.2, 0.25) is 0 Å². The summed E-state index contributed by atoms with van der Waals surface area (Å²) in [5.74, 6) is -1.43. The molecule has 1 aliphatic heterocycles. The highest BCUT2D eigenvalue weighted by atomic mass is 32.2. The molecule has 1 unspecified atom stereocenters. The molecular formula is C11H8F3NS. The van der Waals surface area contributed by atoms with Crippen molar-refractivity contribution < 1.29 is 13.2 Å². The van der Waals surface area contributed by atoms with Crippen LogP contribution in [0.5, 0.6) is 0 Å². The van der Waals surface area contributed by atoms with Crippen LogP contribution >= 0.6 is 11.8 Å². The van der Waals surface area contributed by atoms with E-state index in [1.54, 1.807) is 0 Å². The Balaban J connectivity index is 2.20. The first-order valence-corrected chi connectivity index (χ1v) is 5.41. The van der Waals surface area contributed by atoms with Gasteiger partial charge in [-0.3, -0.25) is 4.99 Å². The Kier molecular flexibility index (Phi) is 3.05. The number of alkyl halides is 1. The topological polar surface area (TPSA) is 12.4 Å². The Labute approximate surface area is 95.1 Å². The number of aliphatic imine (C=N–C) groups is 1. The van der Waals surface area contributed by atoms with Crippen LogP contribution in [0.1, 0.15) is 0 Å². The molecule has 1 aliphatic rings. The van der Waals surface area contributed by atoms with Gasteiger partial charge in [0.1, 0.15) is 11.6 Å². The van der Waals surface area contributed by atoms with Gasteiger partial charge in [0.2, 0.25) is 0 Å². The summed E-state index contributed by atoms with van der Waals surface area (Å²) in [7, 11) is 0. The van der Waals surface area contributed by atoms with Crippen molar-refractivity contribution in [2.24, 2.45) is 4.99 Å². The van der Waals surface area contributed by atoms with Crippen molar-refractivity contribution in [1.82, 2.24) is 0 Å². The molecule has 0 spiro atoms. The molecule has 0 aromatic heterocycles. The summed E-state index contributed by atoms with van der Waals surface area (Å²) >= 11 is 0.693. The van der Waals surface area contributed by atoms with E-state index in [1.807, 2.05) is 0 Å². The zero-order chi connectivity index (χ0) is 11.6. The third-order valence-corrected chi connectivity index (χ3v) is 3.17. The molecule has 0 bridgehead atoms. The summed E-state index contributed by atoms with van der Waals surface area (Å²) in [5.41, 5.74) is 0. The van der Waals surface area contributed by atoms with E-state index in [0.717, 1.165) is 12.1 Å². The van der Waals surface area contributed by atoms with Gasteiger partial charge >= 0.3 is 0 Å². The van der Waals surface area contributed by atoms with Crippen LogP contribution in [0, 0.1) is 11.6 Å². The molecule has 84 valence electrons. The number of hydrogen-bond donors (Lipinski definition) is 0. The predicted octanol–water partition coefficient (Wildman–Crippen LogP) is 3.36. The quantitative estimate of drug-likeness (QED) is 0.775. The van der Waals surface area contributed by atoms with Gasteiger partial charge in [-0.15, -0.1) is 0 Å². The van der Waals surface area contributed by atoms with Gasteiger partial charge in [-0.25, -0.2) is 13.2 Å². The number of nitrogens with zero attached hydrogens (tertiary/aromatic N) is 1. The Morgan fingerprint density at radius 2 is 2.12 bits per heavy atom. The van der Waals surface area contributed by atoms with Crippen LogP contribution in [0.4, 0.5) is 13.2 Å². The molecule has 0 radical (unpaired) electrons. The van der Waals surface area contributed by atoms with E-state index in [4.69, 9.17) is 0 Å². The molecule has 2 rings (SSSR count). The monoisotopic (exact) mass is 243 g/mol. The Hall–Kier alpha value is -1.23. The molecule has 1 aromatic carbocycles. The van der Waals surface area contributed by atoms with E-state index >= 15 is 0 Å². The van der Waals surface area contributed by atoms with Crippen LogP contribution in [0.15, 0.2) is 40.2 Å². The third kappa shape index (κ3) is 2.47. The van der Waals surface area contributed by atoms with Gasteiger partial charge in [0.05, 0.1) is 6.54 Å². The number of benzene rings is 1. The van der Waals surface area contributed by atoms with Crippen molar-refractivity contribution in [3.05, 3.63) is 42.0 Å². The van der Waals surface area contributed by atoms with Crippen molar-refractivity contribution in [3.8, 4) is 0 Å². The van der Waals surface area contributed by atoms with E-state index in [9.17, 15) is 13.2 Å². The van der Waals surface area contributed by atoms with E-state index in [2.05, 4.69) is 4.99 Å². The molecule has 0 saturated heterocycles. The largest absolute Gasteiger partial charge is 0.289 e. The number of dihydropyridines is 1. The Bertz CT molecular complexity index is 459. The average molecular weight is 243 g/mol. The molecule has 0 saturated carbocycles. The summed E-state index contributed by atoms with van der Waals surface area (Å²) in [5, 5.41) is -1.76. The molecule has 0 fully saturated rings. The molecule has 0 amide bonds. The van der Waals surface area contributed by atoms with Crippen LogP contribution in [0.25, 0.3) is 0 Å². The van der Waals surface area contributed by atoms with Crippen LogP contribution in [-0.2, 0) is 0 Å². The van der Waals surface area contributed by atoms with Crippen molar-refractivity contribution >= 4 is 18.0 Å². The van der Waals surface area contributed by atoms with Gasteiger partial charge in [-0.1, -0.05) is 11.8 Å². The minimum Gasteiger partial charge on any atom is -0.289 e. The van der Waals surface area contributed by atoms with Crippen molar-refractivity contribution in [2.45, 2.75) is 9.90 Å². The van der Waals surface area contributed by atoms with Crippen LogP contribution in [-0.4, -0.2) is 17.8 Å². The van der Waals surface area contributed by atoms with E-state index in [1.165, 1.54) is 24.4 Å². The van der Waals surface area contributed by atoms with Gasteiger partial charge in [0.15, 0.2) is 5.00 Å². The maximum absolute atomic E-state index is 14.0. The van der Waals surface area contributed by atoms with Gasteiger partial charge in [0, 0.05) is 17.2 Å². The first-order chi connectivity index (χ1) is 7.59. The lowest BCUT2D eigenvalue weighted by Gasteiger charge is -2.20. The standard InChI is InChI=1S/C11H8F3NS/c12-8-2-3-10(9(13)6-8)16-11(14)4-1-5-15-7-11/h1-6H,7H2. The van der Waals surface area contributed by atoms with E-state index in [-0.39, 0.29) is 11.4 Å². The summed E-state index contributed by atoms with van der Waals surface area (Å²) in [6.45, 7) is -0.0645. The molecule has 1 nitrogen and oxygen atoms in total. The van der Waals surface area contributed by atoms with Crippen molar-refractivity contribution in [2.75, 3.05) is 6.54 Å². The number of thioether (sulfide) groups is 1. The fourth-order valence-corrected chi connectivity index (χ4v) is 2.23. The fraction of sp³-hybridized carbons (Fsp3) is 0.182. The Morgan fingerprint density at radius 1 is 1.31 bits per heavy atom. The van der Waals surface area contributed by atoms with E-state index in [0.29, 0.717) is 11.8 Å². The molecule has 1 atom stereocenters. The summed E-state index contributed by atoms with van der Waals surface area (Å²) in [6, 6.07) is 3.06. The minimum atomic E-state index is -1.76. The first kappa shape index (κ1) is 11.3. The molecule has 1 heterocycles. The fourth-order valence-electron chi connectivity index (χ4n) is 1.28. The first-order valence-electron chi connectivity index (χ1n) is 4.60. The molecule has 16 heavy (non-hydrogen) atoms. The smallest absolute Gasteiger partial charge is 0.198 e. The lowest BCUT2D eigenvalue weighted by atomic mass is 10.3. The second-order valence-electron chi connectivity index (χ2n) is 3.31. The van der Waals surface area contributed by atoms with Crippen LogP contribution < -0.4 is 0 Å². The number of halogens is 3. The highest BCUT2D eigenvalue weighted by Crippen LogP contribution is 2.38. The van der Waals surface area contributed by atoms with Gasteiger partial charge in [-0.2, -0.15) is 0 Å². The van der Waals surface area contributed by atoms with Crippen molar-refractivity contribution in [1.29, 1.82) is 0 Å². The summed E-state index contributed by atoms with van der Waals surface area (Å²) < 4.78 is 40.0. The van der Waals surface area contributed by atoms with E-state index < -0.39 is 16.6 Å².